The summed E-state index contributed by atoms with van der Waals surface area (Å²) in [5.41, 5.74) is 1.15. The first-order chi connectivity index (χ1) is 13.1. The summed E-state index contributed by atoms with van der Waals surface area (Å²) in [5.74, 6) is 1.80. The SMILES string of the molecule is CCNC(=NCC(C)Oc1ccccc1C)NCCN1CCCN(C)CC1. The van der Waals surface area contributed by atoms with E-state index in [1.54, 1.807) is 0 Å². The third kappa shape index (κ3) is 8.18. The van der Waals surface area contributed by atoms with E-state index < -0.39 is 0 Å². The maximum atomic E-state index is 6.02. The van der Waals surface area contributed by atoms with Crippen molar-refractivity contribution in [3.8, 4) is 5.75 Å². The van der Waals surface area contributed by atoms with Crippen molar-refractivity contribution in [2.45, 2.75) is 33.3 Å². The van der Waals surface area contributed by atoms with E-state index in [4.69, 9.17) is 9.73 Å². The quantitative estimate of drug-likeness (QED) is 0.537. The zero-order valence-corrected chi connectivity index (χ0v) is 17.5. The van der Waals surface area contributed by atoms with Gasteiger partial charge in [-0.25, -0.2) is 4.99 Å². The number of hydrogen-bond donors (Lipinski definition) is 2. The molecule has 0 radical (unpaired) electrons. The lowest BCUT2D eigenvalue weighted by Gasteiger charge is -2.21. The Kier molecular flexibility index (Phi) is 9.42. The van der Waals surface area contributed by atoms with E-state index in [1.807, 2.05) is 18.2 Å². The molecule has 2 N–H and O–H groups in total. The molecule has 0 aliphatic carbocycles. The summed E-state index contributed by atoms with van der Waals surface area (Å²) in [6, 6.07) is 8.11. The Morgan fingerprint density at radius 3 is 2.78 bits per heavy atom. The lowest BCUT2D eigenvalue weighted by Crippen LogP contribution is -2.42. The first-order valence-corrected chi connectivity index (χ1v) is 10.2. The number of guanidine groups is 1. The van der Waals surface area contributed by atoms with E-state index >= 15 is 0 Å². The minimum absolute atomic E-state index is 0.0303. The molecular formula is C21H37N5O. The molecule has 6 heteroatoms. The number of rotatable bonds is 8. The maximum absolute atomic E-state index is 6.02. The van der Waals surface area contributed by atoms with Gasteiger partial charge in [-0.1, -0.05) is 18.2 Å². The maximum Gasteiger partial charge on any atom is 0.191 e. The average Bonchev–Trinajstić information content (AvgIpc) is 2.86. The molecule has 1 atom stereocenters. The molecule has 27 heavy (non-hydrogen) atoms. The largest absolute Gasteiger partial charge is 0.489 e. The molecule has 1 heterocycles. The van der Waals surface area contributed by atoms with Gasteiger partial charge in [0.1, 0.15) is 11.9 Å². The number of para-hydroxylation sites is 1. The van der Waals surface area contributed by atoms with Crippen LogP contribution in [0.5, 0.6) is 5.75 Å². The molecule has 1 fully saturated rings. The van der Waals surface area contributed by atoms with E-state index in [-0.39, 0.29) is 6.10 Å². The Bertz CT molecular complexity index is 577. The van der Waals surface area contributed by atoms with Crippen LogP contribution in [0.1, 0.15) is 25.8 Å². The molecule has 1 unspecified atom stereocenters. The summed E-state index contributed by atoms with van der Waals surface area (Å²) in [7, 11) is 2.21. The second-order valence-corrected chi connectivity index (χ2v) is 7.34. The monoisotopic (exact) mass is 375 g/mol. The number of aryl methyl sites for hydroxylation is 1. The Hall–Kier alpha value is -1.79. The molecule has 0 aromatic heterocycles. The van der Waals surface area contributed by atoms with Crippen LogP contribution in [0.15, 0.2) is 29.3 Å². The van der Waals surface area contributed by atoms with Crippen LogP contribution in [0.2, 0.25) is 0 Å². The molecule has 0 bridgehead atoms. The van der Waals surface area contributed by atoms with Gasteiger partial charge in [0.05, 0.1) is 6.54 Å². The van der Waals surface area contributed by atoms with Gasteiger partial charge in [0.2, 0.25) is 0 Å². The van der Waals surface area contributed by atoms with Gasteiger partial charge in [-0.05, 0) is 59.0 Å². The van der Waals surface area contributed by atoms with Crippen LogP contribution in [0.4, 0.5) is 0 Å². The number of ether oxygens (including phenoxy) is 1. The van der Waals surface area contributed by atoms with Gasteiger partial charge in [0.15, 0.2) is 5.96 Å². The molecule has 1 aromatic carbocycles. The Morgan fingerprint density at radius 1 is 1.19 bits per heavy atom. The zero-order chi connectivity index (χ0) is 19.5. The predicted molar refractivity (Wildman–Crippen MR) is 114 cm³/mol. The molecule has 152 valence electrons. The van der Waals surface area contributed by atoms with Crippen LogP contribution in [0.3, 0.4) is 0 Å². The van der Waals surface area contributed by atoms with Crippen molar-refractivity contribution in [1.29, 1.82) is 0 Å². The first-order valence-electron chi connectivity index (χ1n) is 10.2. The summed E-state index contributed by atoms with van der Waals surface area (Å²) >= 11 is 0. The highest BCUT2D eigenvalue weighted by atomic mass is 16.5. The van der Waals surface area contributed by atoms with Crippen LogP contribution in [0, 0.1) is 6.92 Å². The second kappa shape index (κ2) is 11.8. The van der Waals surface area contributed by atoms with Crippen molar-refractivity contribution in [3.05, 3.63) is 29.8 Å². The van der Waals surface area contributed by atoms with E-state index in [2.05, 4.69) is 54.3 Å². The fraction of sp³-hybridized carbons (Fsp3) is 0.667. The van der Waals surface area contributed by atoms with E-state index in [1.165, 1.54) is 19.5 Å². The first kappa shape index (κ1) is 21.5. The standard InChI is InChI=1S/C21H37N5O/c1-5-22-21(23-11-14-26-13-8-12-25(4)15-16-26)24-17-19(3)27-20-10-7-6-9-18(20)2/h6-7,9-10,19H,5,8,11-17H2,1-4H3,(H2,22,23,24). The Labute approximate surface area is 165 Å². The van der Waals surface area contributed by atoms with Gasteiger partial charge in [-0.15, -0.1) is 0 Å². The molecule has 0 amide bonds. The van der Waals surface area contributed by atoms with Gasteiger partial charge in [-0.3, -0.25) is 0 Å². The van der Waals surface area contributed by atoms with Crippen molar-refractivity contribution in [2.24, 2.45) is 4.99 Å². The van der Waals surface area contributed by atoms with Crippen LogP contribution in [-0.4, -0.2) is 81.3 Å². The summed E-state index contributed by atoms with van der Waals surface area (Å²) in [5, 5.41) is 6.79. The van der Waals surface area contributed by atoms with Crippen LogP contribution < -0.4 is 15.4 Å². The van der Waals surface area contributed by atoms with Crippen molar-refractivity contribution < 1.29 is 4.74 Å². The summed E-state index contributed by atoms with van der Waals surface area (Å²) in [6.45, 7) is 14.3. The lowest BCUT2D eigenvalue weighted by atomic mass is 10.2. The minimum Gasteiger partial charge on any atom is -0.489 e. The van der Waals surface area contributed by atoms with Crippen molar-refractivity contribution in [3.63, 3.8) is 0 Å². The van der Waals surface area contributed by atoms with Gasteiger partial charge >= 0.3 is 0 Å². The van der Waals surface area contributed by atoms with Gasteiger partial charge in [-0.2, -0.15) is 0 Å². The third-order valence-corrected chi connectivity index (χ3v) is 4.81. The molecule has 1 saturated heterocycles. The number of nitrogens with zero attached hydrogens (tertiary/aromatic N) is 3. The van der Waals surface area contributed by atoms with Crippen LogP contribution in [-0.2, 0) is 0 Å². The molecular weight excluding hydrogens is 338 g/mol. The minimum atomic E-state index is 0.0303. The molecule has 1 aliphatic rings. The van der Waals surface area contributed by atoms with Gasteiger partial charge < -0.3 is 25.2 Å². The smallest absolute Gasteiger partial charge is 0.191 e. The van der Waals surface area contributed by atoms with Crippen molar-refractivity contribution >= 4 is 5.96 Å². The lowest BCUT2D eigenvalue weighted by molar-refractivity contribution is 0.228. The van der Waals surface area contributed by atoms with Crippen molar-refractivity contribution in [2.75, 3.05) is 59.4 Å². The van der Waals surface area contributed by atoms with E-state index in [0.29, 0.717) is 6.54 Å². The van der Waals surface area contributed by atoms with Gasteiger partial charge in [0.25, 0.3) is 0 Å². The molecule has 1 aromatic rings. The third-order valence-electron chi connectivity index (χ3n) is 4.81. The fourth-order valence-corrected chi connectivity index (χ4v) is 3.16. The van der Waals surface area contributed by atoms with Gasteiger partial charge in [0, 0.05) is 32.7 Å². The van der Waals surface area contributed by atoms with Crippen LogP contribution in [0.25, 0.3) is 0 Å². The summed E-state index contributed by atoms with van der Waals surface area (Å²) < 4.78 is 6.02. The number of likely N-dealkylation sites (N-methyl/N-ethyl adjacent to an activating group) is 1. The number of hydrogen-bond acceptors (Lipinski definition) is 4. The molecule has 0 saturated carbocycles. The van der Waals surface area contributed by atoms with E-state index in [0.717, 1.165) is 50.0 Å². The average molecular weight is 376 g/mol. The highest BCUT2D eigenvalue weighted by Gasteiger charge is 2.12. The van der Waals surface area contributed by atoms with Crippen molar-refractivity contribution in [1.82, 2.24) is 20.4 Å². The second-order valence-electron chi connectivity index (χ2n) is 7.34. The predicted octanol–water partition coefficient (Wildman–Crippen LogP) is 1.95. The molecule has 0 spiro atoms. The Morgan fingerprint density at radius 2 is 2.00 bits per heavy atom. The molecule has 2 rings (SSSR count). The van der Waals surface area contributed by atoms with E-state index in [9.17, 15) is 0 Å². The number of benzene rings is 1. The molecule has 1 aliphatic heterocycles. The van der Waals surface area contributed by atoms with Crippen LogP contribution >= 0.6 is 0 Å². The Balaban J connectivity index is 1.76. The number of nitrogens with one attached hydrogen (secondary N) is 2. The fourth-order valence-electron chi connectivity index (χ4n) is 3.16. The number of aliphatic imine (C=N–C) groups is 1. The zero-order valence-electron chi connectivity index (χ0n) is 17.5. The normalized spacial score (nSPS) is 18.0. The highest BCUT2D eigenvalue weighted by molar-refractivity contribution is 5.79. The topological polar surface area (TPSA) is 52.1 Å². The summed E-state index contributed by atoms with van der Waals surface area (Å²) in [4.78, 5) is 9.64. The highest BCUT2D eigenvalue weighted by Crippen LogP contribution is 2.17. The molecule has 6 nitrogen and oxygen atoms in total. The summed E-state index contributed by atoms with van der Waals surface area (Å²) in [6.07, 6.45) is 1.28.